The fourth-order valence-electron chi connectivity index (χ4n) is 3.51. The van der Waals surface area contributed by atoms with Crippen molar-refractivity contribution in [1.82, 2.24) is 10.2 Å². The van der Waals surface area contributed by atoms with Gasteiger partial charge in [-0.25, -0.2) is 0 Å². The van der Waals surface area contributed by atoms with Crippen molar-refractivity contribution in [2.45, 2.75) is 32.1 Å². The molecule has 2 amide bonds. The minimum absolute atomic E-state index is 0.0340. The van der Waals surface area contributed by atoms with E-state index >= 15 is 0 Å². The molecule has 150 valence electrons. The maximum absolute atomic E-state index is 12.6. The topological polar surface area (TPSA) is 71.8 Å². The third-order valence-corrected chi connectivity index (χ3v) is 5.50. The van der Waals surface area contributed by atoms with Gasteiger partial charge in [0.2, 0.25) is 5.91 Å². The second kappa shape index (κ2) is 8.50. The van der Waals surface area contributed by atoms with Crippen molar-refractivity contribution >= 4 is 11.8 Å². The van der Waals surface area contributed by atoms with Crippen LogP contribution in [-0.2, 0) is 10.2 Å². The van der Waals surface area contributed by atoms with Crippen molar-refractivity contribution in [2.75, 3.05) is 26.7 Å². The molecule has 0 bridgehead atoms. The minimum Gasteiger partial charge on any atom is -0.497 e. The number of benzene rings is 1. The van der Waals surface area contributed by atoms with E-state index in [2.05, 4.69) is 19.2 Å². The summed E-state index contributed by atoms with van der Waals surface area (Å²) >= 11 is 0. The number of piperidine rings is 1. The lowest BCUT2D eigenvalue weighted by molar-refractivity contribution is -0.126. The average molecular weight is 384 g/mol. The van der Waals surface area contributed by atoms with Crippen LogP contribution in [0.3, 0.4) is 0 Å². The first-order valence-electron chi connectivity index (χ1n) is 9.64. The van der Waals surface area contributed by atoms with E-state index in [1.165, 1.54) is 12.5 Å². The smallest absolute Gasteiger partial charge is 0.257 e. The van der Waals surface area contributed by atoms with E-state index in [9.17, 15) is 9.59 Å². The van der Waals surface area contributed by atoms with Crippen LogP contribution in [0.25, 0.3) is 0 Å². The molecule has 1 aliphatic heterocycles. The van der Waals surface area contributed by atoms with Gasteiger partial charge < -0.3 is 19.4 Å². The molecule has 0 saturated carbocycles. The highest BCUT2D eigenvalue weighted by molar-refractivity contribution is 5.94. The Morgan fingerprint density at radius 1 is 1.18 bits per heavy atom. The Balaban J connectivity index is 1.49. The number of hydrogen-bond donors (Lipinski definition) is 1. The Hall–Kier alpha value is -2.76. The summed E-state index contributed by atoms with van der Waals surface area (Å²) in [6, 6.07) is 9.61. The fraction of sp³-hybridized carbons (Fsp3) is 0.455. The van der Waals surface area contributed by atoms with Crippen molar-refractivity contribution < 1.29 is 18.7 Å². The summed E-state index contributed by atoms with van der Waals surface area (Å²) in [5, 5.41) is 3.10. The Morgan fingerprint density at radius 2 is 1.86 bits per heavy atom. The standard InChI is InChI=1S/C22H28N2O4/c1-22(2,18-4-6-19(27-3)7-5-18)15-23-20(25)16-8-11-24(12-9-16)21(26)17-10-13-28-14-17/h4-7,10,13-14,16H,8-9,11-12,15H2,1-3H3,(H,23,25). The zero-order valence-corrected chi connectivity index (χ0v) is 16.7. The molecule has 2 aromatic rings. The summed E-state index contributed by atoms with van der Waals surface area (Å²) in [6.45, 7) is 5.96. The number of amides is 2. The molecular weight excluding hydrogens is 356 g/mol. The highest BCUT2D eigenvalue weighted by Gasteiger charge is 2.29. The van der Waals surface area contributed by atoms with Gasteiger partial charge in [0.05, 0.1) is 18.9 Å². The largest absolute Gasteiger partial charge is 0.497 e. The van der Waals surface area contributed by atoms with Crippen LogP contribution in [0, 0.1) is 5.92 Å². The highest BCUT2D eigenvalue weighted by Crippen LogP contribution is 2.25. The molecule has 0 radical (unpaired) electrons. The molecule has 1 fully saturated rings. The van der Waals surface area contributed by atoms with Crippen LogP contribution in [0.5, 0.6) is 5.75 Å². The van der Waals surface area contributed by atoms with Crippen LogP contribution in [-0.4, -0.2) is 43.5 Å². The molecule has 6 heteroatoms. The number of hydrogen-bond acceptors (Lipinski definition) is 4. The number of likely N-dealkylation sites (tertiary alicyclic amines) is 1. The molecule has 2 heterocycles. The molecule has 1 saturated heterocycles. The van der Waals surface area contributed by atoms with E-state index in [0.29, 0.717) is 38.0 Å². The molecule has 6 nitrogen and oxygen atoms in total. The number of carbonyl (C=O) groups is 2. The predicted octanol–water partition coefficient (Wildman–Crippen LogP) is 3.23. The van der Waals surface area contributed by atoms with E-state index in [1.807, 2.05) is 24.3 Å². The molecule has 0 aliphatic carbocycles. The number of carbonyl (C=O) groups excluding carboxylic acids is 2. The molecule has 3 rings (SSSR count). The van der Waals surface area contributed by atoms with E-state index in [4.69, 9.17) is 9.15 Å². The second-order valence-electron chi connectivity index (χ2n) is 7.91. The summed E-state index contributed by atoms with van der Waals surface area (Å²) in [4.78, 5) is 26.8. The Kier molecular flexibility index (Phi) is 6.07. The molecule has 0 unspecified atom stereocenters. The van der Waals surface area contributed by atoms with E-state index in [-0.39, 0.29) is 23.1 Å². The van der Waals surface area contributed by atoms with Gasteiger partial charge in [0.25, 0.3) is 5.91 Å². The third-order valence-electron chi connectivity index (χ3n) is 5.50. The van der Waals surface area contributed by atoms with Crippen LogP contribution in [0.4, 0.5) is 0 Å². The van der Waals surface area contributed by atoms with Gasteiger partial charge >= 0.3 is 0 Å². The van der Waals surface area contributed by atoms with Crippen molar-refractivity contribution in [3.63, 3.8) is 0 Å². The molecular formula is C22H28N2O4. The monoisotopic (exact) mass is 384 g/mol. The summed E-state index contributed by atoms with van der Waals surface area (Å²) in [7, 11) is 1.65. The first-order chi connectivity index (χ1) is 13.4. The number of nitrogens with one attached hydrogen (secondary N) is 1. The Morgan fingerprint density at radius 3 is 2.43 bits per heavy atom. The van der Waals surface area contributed by atoms with Gasteiger partial charge in [0, 0.05) is 31.0 Å². The van der Waals surface area contributed by atoms with Crippen molar-refractivity contribution in [3.05, 3.63) is 54.0 Å². The zero-order valence-electron chi connectivity index (χ0n) is 16.7. The number of ether oxygens (including phenoxy) is 1. The van der Waals surface area contributed by atoms with Gasteiger partial charge in [-0.05, 0) is 36.6 Å². The fourth-order valence-corrected chi connectivity index (χ4v) is 3.51. The van der Waals surface area contributed by atoms with Gasteiger partial charge in [-0.15, -0.1) is 0 Å². The normalized spacial score (nSPS) is 15.3. The molecule has 1 aromatic carbocycles. The maximum atomic E-state index is 12.6. The van der Waals surface area contributed by atoms with Crippen LogP contribution < -0.4 is 10.1 Å². The predicted molar refractivity (Wildman–Crippen MR) is 106 cm³/mol. The van der Waals surface area contributed by atoms with E-state index < -0.39 is 0 Å². The van der Waals surface area contributed by atoms with E-state index in [0.717, 1.165) is 11.3 Å². The zero-order chi connectivity index (χ0) is 20.1. The number of rotatable bonds is 6. The Labute approximate surface area is 165 Å². The first-order valence-corrected chi connectivity index (χ1v) is 9.64. The second-order valence-corrected chi connectivity index (χ2v) is 7.91. The molecule has 1 aliphatic rings. The molecule has 1 N–H and O–H groups in total. The molecule has 28 heavy (non-hydrogen) atoms. The van der Waals surface area contributed by atoms with Crippen LogP contribution in [0.15, 0.2) is 47.3 Å². The summed E-state index contributed by atoms with van der Waals surface area (Å²) in [6.07, 6.45) is 4.32. The highest BCUT2D eigenvalue weighted by atomic mass is 16.5. The SMILES string of the molecule is COc1ccc(C(C)(C)CNC(=O)C2CCN(C(=O)c3ccoc3)CC2)cc1. The van der Waals surface area contributed by atoms with Crippen molar-refractivity contribution in [1.29, 1.82) is 0 Å². The lowest BCUT2D eigenvalue weighted by atomic mass is 9.84. The summed E-state index contributed by atoms with van der Waals surface area (Å²) in [5.74, 6) is 0.797. The van der Waals surface area contributed by atoms with Crippen LogP contribution in [0.1, 0.15) is 42.6 Å². The summed E-state index contributed by atoms with van der Waals surface area (Å²) in [5.41, 5.74) is 1.53. The third kappa shape index (κ3) is 4.55. The quantitative estimate of drug-likeness (QED) is 0.830. The van der Waals surface area contributed by atoms with Crippen LogP contribution in [0.2, 0.25) is 0 Å². The van der Waals surface area contributed by atoms with Gasteiger partial charge in [-0.3, -0.25) is 9.59 Å². The van der Waals surface area contributed by atoms with Gasteiger partial charge in [-0.1, -0.05) is 26.0 Å². The molecule has 0 atom stereocenters. The number of methoxy groups -OCH3 is 1. The first kappa shape index (κ1) is 20.0. The number of nitrogens with zero attached hydrogens (tertiary/aromatic N) is 1. The minimum atomic E-state index is -0.181. The van der Waals surface area contributed by atoms with Gasteiger partial charge in [0.1, 0.15) is 12.0 Å². The molecule has 1 aromatic heterocycles. The van der Waals surface area contributed by atoms with Gasteiger partial charge in [0.15, 0.2) is 0 Å². The van der Waals surface area contributed by atoms with E-state index in [1.54, 1.807) is 18.1 Å². The maximum Gasteiger partial charge on any atom is 0.257 e. The average Bonchev–Trinajstić information content (AvgIpc) is 3.26. The van der Waals surface area contributed by atoms with Crippen LogP contribution >= 0.6 is 0 Å². The van der Waals surface area contributed by atoms with Crippen molar-refractivity contribution in [2.24, 2.45) is 5.92 Å². The molecule has 0 spiro atoms. The number of furan rings is 1. The summed E-state index contributed by atoms with van der Waals surface area (Å²) < 4.78 is 10.2. The van der Waals surface area contributed by atoms with Crippen molar-refractivity contribution in [3.8, 4) is 5.75 Å². The lowest BCUT2D eigenvalue weighted by Gasteiger charge is -2.32. The van der Waals surface area contributed by atoms with Gasteiger partial charge in [-0.2, -0.15) is 0 Å². The lowest BCUT2D eigenvalue weighted by Crippen LogP contribution is -2.45. The Bertz CT molecular complexity index is 788.